The normalized spacial score (nSPS) is 10.6. The molecule has 19 heavy (non-hydrogen) atoms. The number of ether oxygens (including phenoxy) is 1. The largest absolute Gasteiger partial charge is 0.481 e. The van der Waals surface area contributed by atoms with Crippen molar-refractivity contribution in [2.75, 3.05) is 7.11 Å². The molecule has 0 atom stereocenters. The second-order valence-electron chi connectivity index (χ2n) is 4.43. The van der Waals surface area contributed by atoms with Gasteiger partial charge in [-0.3, -0.25) is 0 Å². The number of nitrogens with zero attached hydrogens (tertiary/aromatic N) is 1. The lowest BCUT2D eigenvalue weighted by Crippen LogP contribution is -1.95. The van der Waals surface area contributed by atoms with Gasteiger partial charge in [-0.05, 0) is 29.7 Å². The Morgan fingerprint density at radius 3 is 2.68 bits per heavy atom. The highest BCUT2D eigenvalue weighted by molar-refractivity contribution is 5.83. The van der Waals surface area contributed by atoms with Gasteiger partial charge < -0.3 is 4.74 Å². The first-order valence-corrected chi connectivity index (χ1v) is 6.24. The van der Waals surface area contributed by atoms with Gasteiger partial charge in [-0.2, -0.15) is 0 Å². The van der Waals surface area contributed by atoms with Crippen molar-refractivity contribution in [1.82, 2.24) is 4.98 Å². The number of fused-ring (bicyclic) bond motifs is 1. The van der Waals surface area contributed by atoms with E-state index >= 15 is 0 Å². The Kier molecular flexibility index (Phi) is 3.15. The monoisotopic (exact) mass is 248 g/mol. The van der Waals surface area contributed by atoms with E-state index in [2.05, 4.69) is 29.2 Å². The van der Waals surface area contributed by atoms with Crippen molar-refractivity contribution in [3.8, 4) is 5.88 Å². The Labute approximate surface area is 112 Å². The number of hydrogen-bond donors (Lipinski definition) is 0. The summed E-state index contributed by atoms with van der Waals surface area (Å²) in [6.07, 6.45) is 0.869. The van der Waals surface area contributed by atoms with E-state index in [9.17, 15) is 0 Å². The number of pyridine rings is 1. The lowest BCUT2D eigenvalue weighted by molar-refractivity contribution is 0.399. The summed E-state index contributed by atoms with van der Waals surface area (Å²) in [6, 6.07) is 21.3. The summed E-state index contributed by atoms with van der Waals surface area (Å²) in [5.74, 6) is 0.663. The summed E-state index contributed by atoms with van der Waals surface area (Å²) < 4.78 is 5.28. The van der Waals surface area contributed by atoms with Crippen LogP contribution in [-0.2, 0) is 6.42 Å². The van der Waals surface area contributed by atoms with Gasteiger partial charge in [0.15, 0.2) is 0 Å². The minimum Gasteiger partial charge on any atom is -0.481 e. The lowest BCUT2D eigenvalue weighted by Gasteiger charge is -2.09. The molecule has 93 valence electrons. The van der Waals surface area contributed by atoms with Gasteiger partial charge >= 0.3 is 0 Å². The van der Waals surface area contributed by atoms with Crippen LogP contribution in [0.3, 0.4) is 0 Å². The summed E-state index contributed by atoms with van der Waals surface area (Å²) in [4.78, 5) is 4.47. The van der Waals surface area contributed by atoms with E-state index in [-0.39, 0.29) is 0 Å². The second kappa shape index (κ2) is 5.11. The van der Waals surface area contributed by atoms with Crippen LogP contribution < -0.4 is 4.74 Å². The molecule has 3 rings (SSSR count). The zero-order valence-electron chi connectivity index (χ0n) is 10.8. The summed E-state index contributed by atoms with van der Waals surface area (Å²) in [6.45, 7) is 0. The van der Waals surface area contributed by atoms with Crippen molar-refractivity contribution >= 4 is 10.9 Å². The van der Waals surface area contributed by atoms with Crippen LogP contribution in [-0.4, -0.2) is 12.1 Å². The quantitative estimate of drug-likeness (QED) is 0.706. The van der Waals surface area contributed by atoms with Crippen LogP contribution in [0.4, 0.5) is 0 Å². The van der Waals surface area contributed by atoms with Gasteiger partial charge in [0, 0.05) is 11.5 Å². The fourth-order valence-corrected chi connectivity index (χ4v) is 2.23. The van der Waals surface area contributed by atoms with Gasteiger partial charge in [0.2, 0.25) is 5.88 Å². The summed E-state index contributed by atoms with van der Waals surface area (Å²) >= 11 is 0. The van der Waals surface area contributed by atoms with Gasteiger partial charge in [-0.25, -0.2) is 4.98 Å². The highest BCUT2D eigenvalue weighted by atomic mass is 16.5. The van der Waals surface area contributed by atoms with Gasteiger partial charge in [0.1, 0.15) is 0 Å². The van der Waals surface area contributed by atoms with Crippen molar-refractivity contribution in [3.63, 3.8) is 0 Å². The summed E-state index contributed by atoms with van der Waals surface area (Å²) in [5, 5.41) is 1.18. The van der Waals surface area contributed by atoms with E-state index in [1.807, 2.05) is 36.4 Å². The molecule has 0 bridgehead atoms. The molecule has 2 heteroatoms. The number of rotatable bonds is 3. The maximum absolute atomic E-state index is 5.28. The maximum atomic E-state index is 5.28. The van der Waals surface area contributed by atoms with E-state index in [0.717, 1.165) is 11.9 Å². The zero-order chi connectivity index (χ0) is 13.1. The molecule has 2 nitrogen and oxygen atoms in total. The van der Waals surface area contributed by atoms with E-state index in [0.29, 0.717) is 5.88 Å². The molecule has 0 saturated carbocycles. The minimum absolute atomic E-state index is 0.663. The molecule has 1 heterocycles. The highest BCUT2D eigenvalue weighted by Gasteiger charge is 2.06. The van der Waals surface area contributed by atoms with Crippen LogP contribution >= 0.6 is 0 Å². The zero-order valence-corrected chi connectivity index (χ0v) is 10.8. The maximum Gasteiger partial charge on any atom is 0.213 e. The molecule has 0 aliphatic heterocycles. The first kappa shape index (κ1) is 11.7. The van der Waals surface area contributed by atoms with Gasteiger partial charge in [0.25, 0.3) is 0 Å². The molecule has 0 fully saturated rings. The second-order valence-corrected chi connectivity index (χ2v) is 4.43. The third kappa shape index (κ3) is 2.43. The molecule has 2 aromatic carbocycles. The summed E-state index contributed by atoms with van der Waals surface area (Å²) in [5.41, 5.74) is 3.46. The van der Waals surface area contributed by atoms with E-state index in [1.54, 1.807) is 7.11 Å². The lowest BCUT2D eigenvalue weighted by atomic mass is 10.0. The number of aromatic nitrogens is 1. The molecule has 0 unspecified atom stereocenters. The fourth-order valence-electron chi connectivity index (χ4n) is 2.23. The smallest absolute Gasteiger partial charge is 0.213 e. The molecular formula is C17H14NO. The van der Waals surface area contributed by atoms with Crippen molar-refractivity contribution in [1.29, 1.82) is 0 Å². The predicted molar refractivity (Wildman–Crippen MR) is 76.4 cm³/mol. The number of para-hydroxylation sites is 1. The van der Waals surface area contributed by atoms with Gasteiger partial charge in [-0.15, -0.1) is 0 Å². The van der Waals surface area contributed by atoms with E-state index < -0.39 is 0 Å². The molecule has 0 aliphatic carbocycles. The molecule has 3 aromatic rings. The Bertz CT molecular complexity index is 692. The highest BCUT2D eigenvalue weighted by Crippen LogP contribution is 2.24. The average molecular weight is 248 g/mol. The van der Waals surface area contributed by atoms with Crippen LogP contribution in [0.2, 0.25) is 0 Å². The van der Waals surface area contributed by atoms with Crippen molar-refractivity contribution in [3.05, 3.63) is 71.8 Å². The number of methoxy groups -OCH3 is 1. The average Bonchev–Trinajstić information content (AvgIpc) is 2.48. The van der Waals surface area contributed by atoms with Crippen molar-refractivity contribution in [2.45, 2.75) is 6.42 Å². The van der Waals surface area contributed by atoms with Crippen LogP contribution in [0, 0.1) is 6.07 Å². The van der Waals surface area contributed by atoms with Crippen LogP contribution in [0.5, 0.6) is 5.88 Å². The Hall–Kier alpha value is -2.35. The van der Waals surface area contributed by atoms with Crippen LogP contribution in [0.15, 0.2) is 54.6 Å². The van der Waals surface area contributed by atoms with Crippen molar-refractivity contribution in [2.24, 2.45) is 0 Å². The molecule has 0 spiro atoms. The van der Waals surface area contributed by atoms with Crippen LogP contribution in [0.1, 0.15) is 11.1 Å². The standard InChI is InChI=1S/C17H14NO/c1-19-17-12-14(11-13-7-3-2-4-8-13)15-9-5-6-10-16(15)18-17/h3-10,12H,11H2,1H3. The van der Waals surface area contributed by atoms with Gasteiger partial charge in [0.05, 0.1) is 12.6 Å². The molecule has 0 saturated heterocycles. The third-order valence-corrected chi connectivity index (χ3v) is 3.17. The summed E-state index contributed by atoms with van der Waals surface area (Å²) in [7, 11) is 1.65. The van der Waals surface area contributed by atoms with Crippen LogP contribution in [0.25, 0.3) is 10.9 Å². The Morgan fingerprint density at radius 2 is 1.89 bits per heavy atom. The Balaban J connectivity index is 2.11. The molecule has 0 aliphatic rings. The molecule has 1 radical (unpaired) electrons. The first-order valence-electron chi connectivity index (χ1n) is 6.24. The van der Waals surface area contributed by atoms with Crippen molar-refractivity contribution < 1.29 is 4.74 Å². The number of benzene rings is 2. The third-order valence-electron chi connectivity index (χ3n) is 3.17. The SMILES string of the molecule is COc1cc(Cc2cc[c]cc2)c2ccccc2n1. The fraction of sp³-hybridized carbons (Fsp3) is 0.118. The van der Waals surface area contributed by atoms with E-state index in [4.69, 9.17) is 4.74 Å². The predicted octanol–water partition coefficient (Wildman–Crippen LogP) is 3.63. The molecule has 0 amide bonds. The molecular weight excluding hydrogens is 234 g/mol. The number of hydrogen-bond acceptors (Lipinski definition) is 2. The van der Waals surface area contributed by atoms with E-state index in [1.165, 1.54) is 16.5 Å². The van der Waals surface area contributed by atoms with Gasteiger partial charge in [-0.1, -0.05) is 42.5 Å². The topological polar surface area (TPSA) is 22.1 Å². The minimum atomic E-state index is 0.663. The Morgan fingerprint density at radius 1 is 1.11 bits per heavy atom. The molecule has 1 aromatic heterocycles. The first-order chi connectivity index (χ1) is 9.36. The molecule has 0 N–H and O–H groups in total.